The molecule has 0 aliphatic rings. The summed E-state index contributed by atoms with van der Waals surface area (Å²) in [5.74, 6) is 0.244. The molecule has 0 aromatic heterocycles. The molecule has 0 aliphatic heterocycles. The minimum Gasteiger partial charge on any atom is -0.726 e. The van der Waals surface area contributed by atoms with Gasteiger partial charge in [-0.15, -0.1) is 0 Å². The summed E-state index contributed by atoms with van der Waals surface area (Å²) in [5.41, 5.74) is 0. The smallest absolute Gasteiger partial charge is 0.219 e. The van der Waals surface area contributed by atoms with E-state index in [1.54, 1.807) is 0 Å². The van der Waals surface area contributed by atoms with Crippen LogP contribution in [0.3, 0.4) is 0 Å². The number of carbonyl (C=O) groups is 1. The quantitative estimate of drug-likeness (QED) is 0.0565. The van der Waals surface area contributed by atoms with Crippen LogP contribution in [0.25, 0.3) is 0 Å². The van der Waals surface area contributed by atoms with Crippen molar-refractivity contribution in [1.29, 1.82) is 0 Å². The highest BCUT2D eigenvalue weighted by Gasteiger charge is 2.06. The second-order valence-corrected chi connectivity index (χ2v) is 12.6. The van der Waals surface area contributed by atoms with Gasteiger partial charge in [-0.1, -0.05) is 122 Å². The Labute approximate surface area is 231 Å². The molecule has 37 heavy (non-hydrogen) atoms. The number of unbranched alkanes of at least 4 members (excludes halogenated alkanes) is 18. The molecule has 7 nitrogen and oxygen atoms in total. The Bertz CT molecular complexity index is 592. The summed E-state index contributed by atoms with van der Waals surface area (Å²) in [6, 6.07) is 0. The van der Waals surface area contributed by atoms with Gasteiger partial charge in [0, 0.05) is 19.4 Å². The molecule has 8 heteroatoms. The Balaban J connectivity index is 0. The lowest BCUT2D eigenvalue weighted by molar-refractivity contribution is -0.870. The molecule has 1 N–H and O–H groups in total. The fourth-order valence-electron chi connectivity index (χ4n) is 4.23. The number of hydrogen-bond donors (Lipinski definition) is 1. The number of rotatable bonds is 25. The lowest BCUT2D eigenvalue weighted by Crippen LogP contribution is -2.37. The van der Waals surface area contributed by atoms with Gasteiger partial charge in [0.05, 0.1) is 34.8 Å². The number of quaternary nitrogens is 1. The first-order valence-corrected chi connectivity index (χ1v) is 16.4. The highest BCUT2D eigenvalue weighted by atomic mass is 32.3. The maximum atomic E-state index is 11.8. The van der Waals surface area contributed by atoms with Gasteiger partial charge in [-0.2, -0.15) is 0 Å². The van der Waals surface area contributed by atoms with Gasteiger partial charge in [0.25, 0.3) is 0 Å². The molecule has 0 saturated heterocycles. The van der Waals surface area contributed by atoms with Gasteiger partial charge in [-0.25, -0.2) is 8.42 Å². The molecule has 0 unspecified atom stereocenters. The maximum absolute atomic E-state index is 11.8. The van der Waals surface area contributed by atoms with E-state index in [9.17, 15) is 17.8 Å². The number of amides is 1. The van der Waals surface area contributed by atoms with Crippen molar-refractivity contribution in [2.24, 2.45) is 0 Å². The summed E-state index contributed by atoms with van der Waals surface area (Å²) in [4.78, 5) is 11.8. The Kier molecular flexibility index (Phi) is 27.9. The zero-order chi connectivity index (χ0) is 28.3. The third-order valence-corrected chi connectivity index (χ3v) is 6.95. The normalized spacial score (nSPS) is 11.7. The zero-order valence-corrected chi connectivity index (χ0v) is 26.0. The third kappa shape index (κ3) is 40.0. The van der Waals surface area contributed by atoms with Crippen molar-refractivity contribution in [3.8, 4) is 0 Å². The number of nitrogens with one attached hydrogen (secondary N) is 1. The van der Waals surface area contributed by atoms with Gasteiger partial charge in [-0.3, -0.25) is 8.98 Å². The van der Waals surface area contributed by atoms with E-state index in [0.29, 0.717) is 6.42 Å². The van der Waals surface area contributed by atoms with Crippen molar-refractivity contribution >= 4 is 16.3 Å². The predicted octanol–water partition coefficient (Wildman–Crippen LogP) is 7.11. The van der Waals surface area contributed by atoms with Crippen LogP contribution in [0, 0.1) is 0 Å². The Morgan fingerprint density at radius 1 is 0.676 bits per heavy atom. The lowest BCUT2D eigenvalue weighted by Gasteiger charge is -2.23. The molecule has 0 spiro atoms. The summed E-state index contributed by atoms with van der Waals surface area (Å²) in [7, 11) is 2.98. The molecular weight excluding hydrogens is 488 g/mol. The van der Waals surface area contributed by atoms with Crippen LogP contribution in [-0.2, 0) is 19.4 Å². The van der Waals surface area contributed by atoms with Gasteiger partial charge in [0.1, 0.15) is 0 Å². The van der Waals surface area contributed by atoms with Gasteiger partial charge in [0.15, 0.2) is 0 Å². The minimum absolute atomic E-state index is 0.244. The second kappa shape index (κ2) is 26.9. The van der Waals surface area contributed by atoms with Crippen molar-refractivity contribution in [1.82, 2.24) is 5.32 Å². The molecule has 0 aliphatic carbocycles. The summed E-state index contributed by atoms with van der Waals surface area (Å²) in [6.07, 6.45) is 28.2. The van der Waals surface area contributed by atoms with Gasteiger partial charge >= 0.3 is 0 Å². The van der Waals surface area contributed by atoms with Crippen LogP contribution >= 0.6 is 0 Å². The molecule has 0 heterocycles. The molecule has 0 atom stereocenters. The summed E-state index contributed by atoms with van der Waals surface area (Å²) in [5, 5.41) is 3.07. The molecule has 1 amide bonds. The first kappa shape index (κ1) is 38.4. The van der Waals surface area contributed by atoms with Gasteiger partial charge in [-0.05, 0) is 6.42 Å². The van der Waals surface area contributed by atoms with Crippen molar-refractivity contribution in [3.63, 3.8) is 0 Å². The number of nitrogens with zero attached hydrogens (tertiary/aromatic N) is 1. The second-order valence-electron chi connectivity index (χ2n) is 11.4. The van der Waals surface area contributed by atoms with E-state index in [-0.39, 0.29) is 5.91 Å². The van der Waals surface area contributed by atoms with E-state index in [1.165, 1.54) is 116 Å². The molecule has 0 aromatic carbocycles. The SMILES string of the molecule is CCCCCCCCCCCCCCCCCCCCCC(=O)NCCC[N+](C)(C)C.COS(=O)(=O)[O-]. The largest absolute Gasteiger partial charge is 0.726 e. The standard InChI is InChI=1S/C28H58N2O.CH4O4S/c1-5-6-7-8-9-10-11-12-13-14-15-16-17-18-19-20-21-22-23-25-28(31)29-26-24-27-30(2,3)4;1-5-6(2,3)4/h5-27H2,1-4H3;1H3,(H,2,3,4). The van der Waals surface area contributed by atoms with Crippen LogP contribution in [0.15, 0.2) is 0 Å². The maximum Gasteiger partial charge on any atom is 0.219 e. The van der Waals surface area contributed by atoms with E-state index in [2.05, 4.69) is 37.6 Å². The third-order valence-electron chi connectivity index (χ3n) is 6.54. The summed E-state index contributed by atoms with van der Waals surface area (Å²) >= 11 is 0. The predicted molar refractivity (Wildman–Crippen MR) is 155 cm³/mol. The topological polar surface area (TPSA) is 95.5 Å². The first-order valence-electron chi connectivity index (χ1n) is 15.1. The van der Waals surface area contributed by atoms with E-state index in [4.69, 9.17) is 0 Å². The minimum atomic E-state index is -4.41. The van der Waals surface area contributed by atoms with Crippen LogP contribution in [-0.4, -0.2) is 64.7 Å². The average molecular weight is 551 g/mol. The average Bonchev–Trinajstić information content (AvgIpc) is 2.82. The van der Waals surface area contributed by atoms with E-state index < -0.39 is 10.4 Å². The zero-order valence-electron chi connectivity index (χ0n) is 25.2. The molecule has 0 fully saturated rings. The van der Waals surface area contributed by atoms with E-state index in [1.807, 2.05) is 0 Å². The molecule has 224 valence electrons. The van der Waals surface area contributed by atoms with E-state index >= 15 is 0 Å². The highest BCUT2D eigenvalue weighted by Crippen LogP contribution is 2.14. The lowest BCUT2D eigenvalue weighted by atomic mass is 10.0. The number of hydrogen-bond acceptors (Lipinski definition) is 5. The summed E-state index contributed by atoms with van der Waals surface area (Å²) in [6.45, 7) is 4.23. The Morgan fingerprint density at radius 2 is 1.00 bits per heavy atom. The van der Waals surface area contributed by atoms with Crippen molar-refractivity contribution in [2.45, 2.75) is 142 Å². The molecular formula is C29H62N2O5S. The van der Waals surface area contributed by atoms with Crippen LogP contribution in [0.4, 0.5) is 0 Å². The fourth-order valence-corrected chi connectivity index (χ4v) is 4.23. The molecule has 0 saturated carbocycles. The summed E-state index contributed by atoms with van der Waals surface area (Å²) < 4.78 is 32.0. The van der Waals surface area contributed by atoms with Gasteiger partial charge in [0.2, 0.25) is 16.3 Å². The van der Waals surface area contributed by atoms with Crippen LogP contribution < -0.4 is 5.32 Å². The molecule has 0 radical (unpaired) electrons. The first-order chi connectivity index (χ1) is 17.5. The molecule has 0 aromatic rings. The van der Waals surface area contributed by atoms with Crippen molar-refractivity contribution in [2.75, 3.05) is 41.3 Å². The highest BCUT2D eigenvalue weighted by molar-refractivity contribution is 7.80. The van der Waals surface area contributed by atoms with E-state index in [0.717, 1.165) is 37.5 Å². The van der Waals surface area contributed by atoms with Crippen molar-refractivity contribution in [3.05, 3.63) is 0 Å². The molecule has 0 bridgehead atoms. The van der Waals surface area contributed by atoms with Crippen LogP contribution in [0.2, 0.25) is 0 Å². The Hall–Kier alpha value is -0.700. The van der Waals surface area contributed by atoms with Gasteiger partial charge < -0.3 is 14.4 Å². The van der Waals surface area contributed by atoms with Crippen LogP contribution in [0.5, 0.6) is 0 Å². The van der Waals surface area contributed by atoms with Crippen LogP contribution in [0.1, 0.15) is 142 Å². The number of carbonyl (C=O) groups excluding carboxylic acids is 1. The monoisotopic (exact) mass is 550 g/mol. The fraction of sp³-hybridized carbons (Fsp3) is 0.966. The molecule has 0 rings (SSSR count). The Morgan fingerprint density at radius 3 is 1.30 bits per heavy atom. The van der Waals surface area contributed by atoms with Crippen molar-refractivity contribution < 1.29 is 26.4 Å².